The highest BCUT2D eigenvalue weighted by Gasteiger charge is 2.68. The molecule has 1 saturated carbocycles. The van der Waals surface area contributed by atoms with Gasteiger partial charge in [0.25, 0.3) is 5.56 Å². The maximum atomic E-state index is 13.6. The summed E-state index contributed by atoms with van der Waals surface area (Å²) < 4.78 is 24.6. The average molecular weight is 670 g/mol. The standard InChI is InChI=1S/C38H47N5O6/c1-25-16-28(18-33(44)42(25)6)48-24-38-20-37(21-38,23-43(38)35(45)49-36(2,3)4)22-41(5)31-11-9-10-30-29(31)14-15-39-34(30)40-19-26-12-13-27(46-7)17-32(26)47-8/h9-18H,19-24H2,1-8H3,(H,39,40). The fraction of sp³-hybridized carbons (Fsp3) is 0.447. The molecule has 4 aromatic rings. The maximum absolute atomic E-state index is 13.6. The van der Waals surface area contributed by atoms with Crippen molar-refractivity contribution in [1.29, 1.82) is 0 Å². The van der Waals surface area contributed by atoms with Crippen molar-refractivity contribution in [2.75, 3.05) is 51.2 Å². The SMILES string of the molecule is COc1ccc(CNc2nccc3c(N(C)CC45CN(C(=O)OC(C)(C)C)C(COc6cc(C)n(C)c(=O)c6)(C4)C5)cccc23)c(OC)c1. The van der Waals surface area contributed by atoms with E-state index in [-0.39, 0.29) is 23.7 Å². The molecule has 11 heteroatoms. The quantitative estimate of drug-likeness (QED) is 0.201. The number of hydrogen-bond acceptors (Lipinski definition) is 9. The summed E-state index contributed by atoms with van der Waals surface area (Å²) >= 11 is 0. The van der Waals surface area contributed by atoms with Crippen molar-refractivity contribution >= 4 is 28.4 Å². The predicted octanol–water partition coefficient (Wildman–Crippen LogP) is 6.16. The lowest BCUT2D eigenvalue weighted by molar-refractivity contribution is -0.0137. The summed E-state index contributed by atoms with van der Waals surface area (Å²) in [6.07, 6.45) is 3.04. The first kappa shape index (κ1) is 34.0. The number of carbonyl (C=O) groups is 1. The number of fused-ring (bicyclic) bond motifs is 2. The van der Waals surface area contributed by atoms with Crippen LogP contribution >= 0.6 is 0 Å². The van der Waals surface area contributed by atoms with Gasteiger partial charge < -0.3 is 33.7 Å². The second kappa shape index (κ2) is 12.8. The minimum atomic E-state index is -0.625. The molecule has 3 fully saturated rings. The maximum Gasteiger partial charge on any atom is 0.410 e. The van der Waals surface area contributed by atoms with Crippen LogP contribution in [0.1, 0.15) is 44.9 Å². The minimum Gasteiger partial charge on any atom is -0.497 e. The summed E-state index contributed by atoms with van der Waals surface area (Å²) in [5.41, 5.74) is 1.48. The van der Waals surface area contributed by atoms with Crippen LogP contribution in [0.2, 0.25) is 0 Å². The molecule has 0 spiro atoms. The molecule has 3 aliphatic rings. The molecule has 0 radical (unpaired) electrons. The summed E-state index contributed by atoms with van der Waals surface area (Å²) in [5.74, 6) is 2.78. The zero-order valence-electron chi connectivity index (χ0n) is 29.8. The van der Waals surface area contributed by atoms with Gasteiger partial charge in [-0.05, 0) is 70.9 Å². The van der Waals surface area contributed by atoms with E-state index in [1.165, 1.54) is 6.07 Å². The average Bonchev–Trinajstić information content (AvgIpc) is 3.54. The molecule has 0 atom stereocenters. The number of benzene rings is 2. The summed E-state index contributed by atoms with van der Waals surface area (Å²) in [6.45, 7) is 9.65. The molecule has 7 rings (SSSR count). The van der Waals surface area contributed by atoms with E-state index in [0.717, 1.165) is 64.4 Å². The first-order valence-corrected chi connectivity index (χ1v) is 16.6. The number of anilines is 2. The van der Waals surface area contributed by atoms with Crippen LogP contribution in [-0.4, -0.2) is 72.6 Å². The van der Waals surface area contributed by atoms with Gasteiger partial charge in [-0.1, -0.05) is 12.1 Å². The molecule has 0 unspecified atom stereocenters. The Hall–Kier alpha value is -4.93. The molecule has 49 heavy (non-hydrogen) atoms. The largest absolute Gasteiger partial charge is 0.497 e. The van der Waals surface area contributed by atoms with Crippen LogP contribution < -0.4 is 30.0 Å². The van der Waals surface area contributed by atoms with E-state index >= 15 is 0 Å². The number of ether oxygens (including phenoxy) is 4. The van der Waals surface area contributed by atoms with E-state index in [1.54, 1.807) is 25.8 Å². The van der Waals surface area contributed by atoms with Gasteiger partial charge in [-0.25, -0.2) is 9.78 Å². The highest BCUT2D eigenvalue weighted by atomic mass is 16.6. The number of nitrogens with zero attached hydrogens (tertiary/aromatic N) is 4. The van der Waals surface area contributed by atoms with Crippen LogP contribution in [-0.2, 0) is 18.3 Å². The van der Waals surface area contributed by atoms with Gasteiger partial charge in [-0.15, -0.1) is 0 Å². The van der Waals surface area contributed by atoms with Gasteiger partial charge in [-0.2, -0.15) is 0 Å². The van der Waals surface area contributed by atoms with E-state index in [2.05, 4.69) is 40.4 Å². The van der Waals surface area contributed by atoms with Crippen LogP contribution in [0.5, 0.6) is 17.2 Å². The second-order valence-corrected chi connectivity index (χ2v) is 14.6. The van der Waals surface area contributed by atoms with E-state index in [1.807, 2.05) is 69.1 Å². The monoisotopic (exact) mass is 669 g/mol. The zero-order chi connectivity index (χ0) is 35.1. The van der Waals surface area contributed by atoms with Crippen LogP contribution in [0, 0.1) is 12.3 Å². The number of pyridine rings is 2. The number of amides is 1. The van der Waals surface area contributed by atoms with Crippen molar-refractivity contribution in [2.24, 2.45) is 12.5 Å². The highest BCUT2D eigenvalue weighted by Crippen LogP contribution is 2.60. The smallest absolute Gasteiger partial charge is 0.410 e. The summed E-state index contributed by atoms with van der Waals surface area (Å²) in [4.78, 5) is 34.8. The summed E-state index contributed by atoms with van der Waals surface area (Å²) in [7, 11) is 7.13. The van der Waals surface area contributed by atoms with Crippen molar-refractivity contribution in [3.8, 4) is 17.2 Å². The molecule has 260 valence electrons. The summed E-state index contributed by atoms with van der Waals surface area (Å²) in [5, 5.41) is 5.60. The van der Waals surface area contributed by atoms with Crippen molar-refractivity contribution in [2.45, 2.75) is 58.2 Å². The van der Waals surface area contributed by atoms with Gasteiger partial charge in [0.2, 0.25) is 0 Å². The molecular weight excluding hydrogens is 622 g/mol. The predicted molar refractivity (Wildman–Crippen MR) is 191 cm³/mol. The Labute approximate surface area is 287 Å². The van der Waals surface area contributed by atoms with E-state index in [0.29, 0.717) is 18.8 Å². The third kappa shape index (κ3) is 6.71. The Balaban J connectivity index is 1.21. The van der Waals surface area contributed by atoms with Crippen molar-refractivity contribution in [3.05, 3.63) is 82.4 Å². The molecule has 1 amide bonds. The topological polar surface area (TPSA) is 107 Å². The lowest BCUT2D eigenvalue weighted by atomic mass is 9.62. The second-order valence-electron chi connectivity index (χ2n) is 14.6. The van der Waals surface area contributed by atoms with Gasteiger partial charge in [0.15, 0.2) is 0 Å². The van der Waals surface area contributed by atoms with E-state index < -0.39 is 11.1 Å². The van der Waals surface area contributed by atoms with Gasteiger partial charge in [0.05, 0.1) is 19.8 Å². The zero-order valence-corrected chi connectivity index (χ0v) is 29.8. The first-order valence-electron chi connectivity index (χ1n) is 16.6. The Bertz CT molecular complexity index is 1930. The van der Waals surface area contributed by atoms with Crippen molar-refractivity contribution in [1.82, 2.24) is 14.5 Å². The van der Waals surface area contributed by atoms with Gasteiger partial charge >= 0.3 is 6.09 Å². The number of aryl methyl sites for hydroxylation is 1. The Kier molecular flexibility index (Phi) is 8.89. The highest BCUT2D eigenvalue weighted by molar-refractivity contribution is 6.00. The lowest BCUT2D eigenvalue weighted by Gasteiger charge is -2.48. The molecule has 11 nitrogen and oxygen atoms in total. The Morgan fingerprint density at radius 2 is 1.80 bits per heavy atom. The number of hydrogen-bond donors (Lipinski definition) is 1. The molecule has 2 aromatic heterocycles. The van der Waals surface area contributed by atoms with E-state index in [4.69, 9.17) is 18.9 Å². The summed E-state index contributed by atoms with van der Waals surface area (Å²) in [6, 6.07) is 17.4. The molecule has 1 aliphatic carbocycles. The normalized spacial score (nSPS) is 19.7. The number of aromatic nitrogens is 2. The lowest BCUT2D eigenvalue weighted by Crippen LogP contribution is -2.57. The minimum absolute atomic E-state index is 0.128. The van der Waals surface area contributed by atoms with Gasteiger partial charge in [0.1, 0.15) is 35.3 Å². The Morgan fingerprint density at radius 1 is 1.02 bits per heavy atom. The van der Waals surface area contributed by atoms with E-state index in [9.17, 15) is 9.59 Å². The molecular formula is C38H47N5O6. The van der Waals surface area contributed by atoms with Crippen molar-refractivity contribution in [3.63, 3.8) is 0 Å². The van der Waals surface area contributed by atoms with Gasteiger partial charge in [0, 0.05) is 85.2 Å². The molecule has 4 heterocycles. The third-order valence-electron chi connectivity index (χ3n) is 9.78. The first-order chi connectivity index (χ1) is 23.2. The number of rotatable bonds is 11. The fourth-order valence-corrected chi connectivity index (χ4v) is 7.53. The fourth-order valence-electron chi connectivity index (χ4n) is 7.53. The van der Waals surface area contributed by atoms with Crippen LogP contribution in [0.15, 0.2) is 65.6 Å². The third-order valence-corrected chi connectivity index (χ3v) is 9.78. The number of carbonyl (C=O) groups excluding carboxylic acids is 1. The van der Waals surface area contributed by atoms with Crippen LogP contribution in [0.25, 0.3) is 10.8 Å². The number of nitrogens with one attached hydrogen (secondary N) is 1. The molecule has 2 aromatic carbocycles. The molecule has 2 aliphatic heterocycles. The van der Waals surface area contributed by atoms with Crippen LogP contribution in [0.3, 0.4) is 0 Å². The van der Waals surface area contributed by atoms with Crippen molar-refractivity contribution < 1.29 is 23.7 Å². The van der Waals surface area contributed by atoms with Crippen LogP contribution in [0.4, 0.5) is 16.3 Å². The molecule has 1 N–H and O–H groups in total. The van der Waals surface area contributed by atoms with Gasteiger partial charge in [-0.3, -0.25) is 9.69 Å². The molecule has 2 bridgehead atoms. The number of methoxy groups -OCH3 is 2. The Morgan fingerprint density at radius 3 is 2.49 bits per heavy atom. The molecule has 2 saturated heterocycles.